The van der Waals surface area contributed by atoms with Gasteiger partial charge in [0.2, 0.25) is 0 Å². The van der Waals surface area contributed by atoms with Gasteiger partial charge >= 0.3 is 0 Å². The first-order valence-electron chi connectivity index (χ1n) is 6.82. The fraction of sp³-hybridized carbons (Fsp3) is 0.250. The van der Waals surface area contributed by atoms with Gasteiger partial charge in [-0.15, -0.1) is 0 Å². The number of aromatic nitrogens is 3. The molecule has 0 aliphatic carbocycles. The molecule has 4 heteroatoms. The lowest BCUT2D eigenvalue weighted by Gasteiger charge is -2.12. The molecule has 1 atom stereocenters. The molecule has 0 radical (unpaired) electrons. The average Bonchev–Trinajstić information content (AvgIpc) is 2.89. The molecular weight excluding hydrogens is 248 g/mol. The Bertz CT molecular complexity index is 717. The molecule has 102 valence electrons. The van der Waals surface area contributed by atoms with E-state index < -0.39 is 0 Å². The first-order chi connectivity index (χ1) is 9.74. The number of hydrogen-bond donors (Lipinski definition) is 1. The van der Waals surface area contributed by atoms with E-state index in [-0.39, 0.29) is 6.04 Å². The second kappa shape index (κ2) is 5.43. The molecule has 0 saturated heterocycles. The van der Waals surface area contributed by atoms with Crippen molar-refractivity contribution < 1.29 is 0 Å². The Morgan fingerprint density at radius 3 is 2.80 bits per heavy atom. The van der Waals surface area contributed by atoms with Crippen LogP contribution in [0.1, 0.15) is 23.9 Å². The molecule has 0 saturated carbocycles. The van der Waals surface area contributed by atoms with Crippen LogP contribution in [0.3, 0.4) is 0 Å². The highest BCUT2D eigenvalue weighted by molar-refractivity contribution is 5.78. The third-order valence-corrected chi connectivity index (χ3v) is 3.63. The zero-order valence-electron chi connectivity index (χ0n) is 11.5. The van der Waals surface area contributed by atoms with Crippen LogP contribution in [-0.2, 0) is 13.5 Å². The van der Waals surface area contributed by atoms with E-state index in [1.54, 1.807) is 0 Å². The van der Waals surface area contributed by atoms with Crippen LogP contribution >= 0.6 is 0 Å². The molecule has 2 heterocycles. The Morgan fingerprint density at radius 1 is 1.15 bits per heavy atom. The number of aryl methyl sites for hydroxylation is 2. The number of hydrogen-bond acceptors (Lipinski definition) is 3. The summed E-state index contributed by atoms with van der Waals surface area (Å²) in [6.07, 6.45) is 3.59. The molecule has 2 N–H and O–H groups in total. The summed E-state index contributed by atoms with van der Waals surface area (Å²) in [5, 5.41) is 5.32. The molecule has 0 bridgehead atoms. The van der Waals surface area contributed by atoms with Gasteiger partial charge in [-0.3, -0.25) is 9.67 Å². The fourth-order valence-electron chi connectivity index (χ4n) is 2.39. The van der Waals surface area contributed by atoms with E-state index in [4.69, 9.17) is 5.73 Å². The summed E-state index contributed by atoms with van der Waals surface area (Å²) in [5.74, 6) is 0. The normalized spacial score (nSPS) is 12.7. The van der Waals surface area contributed by atoms with Crippen molar-refractivity contribution in [2.24, 2.45) is 12.8 Å². The summed E-state index contributed by atoms with van der Waals surface area (Å²) >= 11 is 0. The van der Waals surface area contributed by atoms with Crippen molar-refractivity contribution in [2.45, 2.75) is 18.9 Å². The maximum atomic E-state index is 6.26. The lowest BCUT2D eigenvalue weighted by molar-refractivity contribution is 0.604. The minimum atomic E-state index is -0.0468. The lowest BCUT2D eigenvalue weighted by atomic mass is 10.1. The Balaban J connectivity index is 1.75. The SMILES string of the molecule is Cn1nccc1CCC(N)c1ccc2ccccc2n1. The molecule has 0 spiro atoms. The fourth-order valence-corrected chi connectivity index (χ4v) is 2.39. The van der Waals surface area contributed by atoms with Crippen LogP contribution in [0.15, 0.2) is 48.7 Å². The second-order valence-corrected chi connectivity index (χ2v) is 5.02. The highest BCUT2D eigenvalue weighted by Crippen LogP contribution is 2.18. The van der Waals surface area contributed by atoms with Crippen molar-refractivity contribution >= 4 is 10.9 Å². The highest BCUT2D eigenvalue weighted by Gasteiger charge is 2.09. The maximum Gasteiger partial charge on any atom is 0.0706 e. The van der Waals surface area contributed by atoms with Crippen molar-refractivity contribution in [3.63, 3.8) is 0 Å². The van der Waals surface area contributed by atoms with Crippen molar-refractivity contribution in [1.29, 1.82) is 0 Å². The summed E-state index contributed by atoms with van der Waals surface area (Å²) in [6.45, 7) is 0. The van der Waals surface area contributed by atoms with E-state index in [1.807, 2.05) is 48.3 Å². The van der Waals surface area contributed by atoms with E-state index in [0.29, 0.717) is 0 Å². The van der Waals surface area contributed by atoms with Crippen molar-refractivity contribution in [3.05, 3.63) is 60.0 Å². The first kappa shape index (κ1) is 12.8. The van der Waals surface area contributed by atoms with Gasteiger partial charge in [-0.25, -0.2) is 0 Å². The predicted molar refractivity (Wildman–Crippen MR) is 80.2 cm³/mol. The quantitative estimate of drug-likeness (QED) is 0.789. The summed E-state index contributed by atoms with van der Waals surface area (Å²) in [5.41, 5.74) is 9.41. The Labute approximate surface area is 118 Å². The van der Waals surface area contributed by atoms with Gasteiger partial charge in [0, 0.05) is 30.4 Å². The van der Waals surface area contributed by atoms with Crippen molar-refractivity contribution in [1.82, 2.24) is 14.8 Å². The Hall–Kier alpha value is -2.20. The van der Waals surface area contributed by atoms with Crippen LogP contribution in [-0.4, -0.2) is 14.8 Å². The van der Waals surface area contributed by atoms with E-state index >= 15 is 0 Å². The van der Waals surface area contributed by atoms with Crippen LogP contribution in [0.2, 0.25) is 0 Å². The average molecular weight is 266 g/mol. The number of nitrogens with two attached hydrogens (primary N) is 1. The van der Waals surface area contributed by atoms with Crippen LogP contribution < -0.4 is 5.73 Å². The largest absolute Gasteiger partial charge is 0.323 e. The van der Waals surface area contributed by atoms with Crippen LogP contribution in [0.25, 0.3) is 10.9 Å². The number of para-hydroxylation sites is 1. The monoisotopic (exact) mass is 266 g/mol. The zero-order chi connectivity index (χ0) is 13.9. The first-order valence-corrected chi connectivity index (χ1v) is 6.82. The van der Waals surface area contributed by atoms with Gasteiger partial charge in [-0.2, -0.15) is 5.10 Å². The van der Waals surface area contributed by atoms with E-state index in [9.17, 15) is 0 Å². The summed E-state index contributed by atoms with van der Waals surface area (Å²) in [4.78, 5) is 4.65. The van der Waals surface area contributed by atoms with Gasteiger partial charge in [-0.05, 0) is 31.0 Å². The Kier molecular flexibility index (Phi) is 3.48. The number of rotatable bonds is 4. The molecule has 4 nitrogen and oxygen atoms in total. The third-order valence-electron chi connectivity index (χ3n) is 3.63. The molecule has 1 aromatic carbocycles. The molecule has 3 aromatic rings. The molecule has 1 unspecified atom stereocenters. The minimum Gasteiger partial charge on any atom is -0.323 e. The second-order valence-electron chi connectivity index (χ2n) is 5.02. The number of fused-ring (bicyclic) bond motifs is 1. The van der Waals surface area contributed by atoms with Gasteiger partial charge in [0.05, 0.1) is 11.2 Å². The van der Waals surface area contributed by atoms with E-state index in [2.05, 4.69) is 22.2 Å². The maximum absolute atomic E-state index is 6.26. The molecular formula is C16H18N4. The molecule has 0 amide bonds. The molecule has 0 aliphatic rings. The van der Waals surface area contributed by atoms with Crippen LogP contribution in [0.4, 0.5) is 0 Å². The number of benzene rings is 1. The van der Waals surface area contributed by atoms with Gasteiger partial charge in [0.25, 0.3) is 0 Å². The topological polar surface area (TPSA) is 56.7 Å². The van der Waals surface area contributed by atoms with Crippen LogP contribution in [0, 0.1) is 0 Å². The summed E-state index contributed by atoms with van der Waals surface area (Å²) < 4.78 is 1.89. The molecule has 2 aromatic heterocycles. The van der Waals surface area contributed by atoms with Gasteiger partial charge in [-0.1, -0.05) is 24.3 Å². The number of nitrogens with zero attached hydrogens (tertiary/aromatic N) is 3. The van der Waals surface area contributed by atoms with E-state index in [0.717, 1.165) is 29.4 Å². The van der Waals surface area contributed by atoms with Gasteiger partial charge < -0.3 is 5.73 Å². The molecule has 0 fully saturated rings. The molecule has 20 heavy (non-hydrogen) atoms. The lowest BCUT2D eigenvalue weighted by Crippen LogP contribution is -2.14. The molecule has 0 aliphatic heterocycles. The van der Waals surface area contributed by atoms with Crippen molar-refractivity contribution in [2.75, 3.05) is 0 Å². The molecule has 3 rings (SSSR count). The van der Waals surface area contributed by atoms with Gasteiger partial charge in [0.1, 0.15) is 0 Å². The highest BCUT2D eigenvalue weighted by atomic mass is 15.2. The predicted octanol–water partition coefficient (Wildman–Crippen LogP) is 2.60. The third kappa shape index (κ3) is 2.56. The van der Waals surface area contributed by atoms with Crippen LogP contribution in [0.5, 0.6) is 0 Å². The number of pyridine rings is 1. The summed E-state index contributed by atoms with van der Waals surface area (Å²) in [6, 6.07) is 14.2. The smallest absolute Gasteiger partial charge is 0.0706 e. The van der Waals surface area contributed by atoms with Gasteiger partial charge in [0.15, 0.2) is 0 Å². The standard InChI is InChI=1S/C16H18N4/c1-20-13(10-11-18-20)7-8-14(17)16-9-6-12-4-2-3-5-15(12)19-16/h2-6,9-11,14H,7-8,17H2,1H3. The van der Waals surface area contributed by atoms with E-state index in [1.165, 1.54) is 5.69 Å². The zero-order valence-corrected chi connectivity index (χ0v) is 11.5. The summed E-state index contributed by atoms with van der Waals surface area (Å²) in [7, 11) is 1.95. The van der Waals surface area contributed by atoms with Crippen molar-refractivity contribution in [3.8, 4) is 0 Å². The minimum absolute atomic E-state index is 0.0468. The Morgan fingerprint density at radius 2 is 2.00 bits per heavy atom.